The van der Waals surface area contributed by atoms with Gasteiger partial charge in [0.15, 0.2) is 0 Å². The number of rotatable bonds is 7. The van der Waals surface area contributed by atoms with Crippen molar-refractivity contribution < 1.29 is 14.3 Å². The highest BCUT2D eigenvalue weighted by Crippen LogP contribution is 2.42. The summed E-state index contributed by atoms with van der Waals surface area (Å²) >= 11 is 0. The Morgan fingerprint density at radius 2 is 1.95 bits per heavy atom. The summed E-state index contributed by atoms with van der Waals surface area (Å²) in [4.78, 5) is 11.7. The van der Waals surface area contributed by atoms with Gasteiger partial charge in [-0.05, 0) is 40.5 Å². The molecule has 0 heterocycles. The number of amides is 1. The molecule has 1 amide bonds. The lowest BCUT2D eigenvalue weighted by Crippen LogP contribution is -2.63. The van der Waals surface area contributed by atoms with Crippen molar-refractivity contribution in [1.29, 1.82) is 0 Å². The van der Waals surface area contributed by atoms with Gasteiger partial charge >= 0.3 is 6.09 Å². The van der Waals surface area contributed by atoms with Crippen molar-refractivity contribution in [2.45, 2.75) is 85.1 Å². The Kier molecular flexibility index (Phi) is 6.68. The minimum absolute atomic E-state index is 0.134. The van der Waals surface area contributed by atoms with Crippen molar-refractivity contribution in [2.75, 3.05) is 13.2 Å². The highest BCUT2D eigenvalue weighted by molar-refractivity contribution is 5.67. The highest BCUT2D eigenvalue weighted by Gasteiger charge is 2.49. The third kappa shape index (κ3) is 5.43. The molecule has 1 saturated carbocycles. The van der Waals surface area contributed by atoms with E-state index in [1.165, 1.54) is 0 Å². The van der Waals surface area contributed by atoms with Crippen LogP contribution in [0, 0.1) is 5.41 Å². The van der Waals surface area contributed by atoms with Crippen LogP contribution in [-0.4, -0.2) is 43.0 Å². The number of carbonyl (C=O) groups is 1. The van der Waals surface area contributed by atoms with Gasteiger partial charge in [0.2, 0.25) is 0 Å². The molecule has 0 spiro atoms. The van der Waals surface area contributed by atoms with Gasteiger partial charge in [-0.15, -0.1) is 0 Å². The molecule has 0 saturated heterocycles. The van der Waals surface area contributed by atoms with E-state index in [4.69, 9.17) is 9.47 Å². The van der Waals surface area contributed by atoms with Crippen LogP contribution in [0.2, 0.25) is 0 Å². The summed E-state index contributed by atoms with van der Waals surface area (Å²) in [6.45, 7) is 15.6. The number of hydrogen-bond donors (Lipinski definition) is 2. The molecular formula is C17H34N2O3. The quantitative estimate of drug-likeness (QED) is 0.758. The van der Waals surface area contributed by atoms with E-state index >= 15 is 0 Å². The first-order valence-corrected chi connectivity index (χ1v) is 8.44. The van der Waals surface area contributed by atoms with Crippen LogP contribution in [0.4, 0.5) is 4.79 Å². The first-order valence-electron chi connectivity index (χ1n) is 8.44. The second kappa shape index (κ2) is 7.64. The Bertz CT molecular complexity index is 363. The lowest BCUT2D eigenvalue weighted by atomic mass is 9.64. The van der Waals surface area contributed by atoms with Crippen LogP contribution >= 0.6 is 0 Å². The SMILES string of the molecule is CCOC1CC(NC(CC)CNC(=O)OC(C)(C)C)C1(C)C. The Labute approximate surface area is 135 Å². The van der Waals surface area contributed by atoms with Gasteiger partial charge in [-0.3, -0.25) is 0 Å². The van der Waals surface area contributed by atoms with Gasteiger partial charge in [-0.1, -0.05) is 20.8 Å². The Hall–Kier alpha value is -0.810. The maximum atomic E-state index is 11.7. The maximum absolute atomic E-state index is 11.7. The van der Waals surface area contributed by atoms with Crippen LogP contribution in [0.1, 0.15) is 61.3 Å². The molecule has 0 radical (unpaired) electrons. The Morgan fingerprint density at radius 3 is 2.41 bits per heavy atom. The molecule has 1 rings (SSSR count). The zero-order chi connectivity index (χ0) is 17.0. The van der Waals surface area contributed by atoms with E-state index in [9.17, 15) is 4.79 Å². The van der Waals surface area contributed by atoms with Gasteiger partial charge < -0.3 is 20.1 Å². The van der Waals surface area contributed by atoms with Gasteiger partial charge in [-0.25, -0.2) is 4.79 Å². The van der Waals surface area contributed by atoms with Gasteiger partial charge in [0, 0.05) is 30.7 Å². The molecule has 0 aromatic heterocycles. The summed E-state index contributed by atoms with van der Waals surface area (Å²) < 4.78 is 11.0. The molecule has 0 bridgehead atoms. The average Bonchev–Trinajstić information content (AvgIpc) is 2.39. The van der Waals surface area contributed by atoms with Gasteiger partial charge in [-0.2, -0.15) is 0 Å². The van der Waals surface area contributed by atoms with E-state index in [-0.39, 0.29) is 17.6 Å². The smallest absolute Gasteiger partial charge is 0.407 e. The van der Waals surface area contributed by atoms with E-state index in [0.29, 0.717) is 18.7 Å². The van der Waals surface area contributed by atoms with Crippen molar-refractivity contribution in [2.24, 2.45) is 5.41 Å². The summed E-state index contributed by atoms with van der Waals surface area (Å²) in [5, 5.41) is 6.50. The lowest BCUT2D eigenvalue weighted by Gasteiger charge is -2.53. The van der Waals surface area contributed by atoms with Crippen molar-refractivity contribution in [1.82, 2.24) is 10.6 Å². The van der Waals surface area contributed by atoms with E-state index in [1.54, 1.807) is 0 Å². The molecule has 0 aromatic carbocycles. The summed E-state index contributed by atoms with van der Waals surface area (Å²) in [6.07, 6.45) is 1.96. The molecule has 3 atom stereocenters. The van der Waals surface area contributed by atoms with Gasteiger partial charge in [0.1, 0.15) is 5.60 Å². The third-order valence-electron chi connectivity index (χ3n) is 4.37. The summed E-state index contributed by atoms with van der Waals surface area (Å²) in [7, 11) is 0. The van der Waals surface area contributed by atoms with Crippen molar-refractivity contribution in [3.05, 3.63) is 0 Å². The minimum Gasteiger partial charge on any atom is -0.444 e. The molecule has 3 unspecified atom stereocenters. The molecule has 1 aliphatic rings. The number of hydrogen-bond acceptors (Lipinski definition) is 4. The van der Waals surface area contributed by atoms with Gasteiger partial charge in [0.25, 0.3) is 0 Å². The Morgan fingerprint density at radius 1 is 1.32 bits per heavy atom. The first-order chi connectivity index (χ1) is 10.1. The number of alkyl carbamates (subject to hydrolysis) is 1. The molecule has 0 aromatic rings. The molecule has 5 nitrogen and oxygen atoms in total. The standard InChI is InChI=1S/C17H34N2O3/c1-8-12(11-18-15(20)22-16(3,4)5)19-13-10-14(21-9-2)17(13,6)7/h12-14,19H,8-11H2,1-7H3,(H,18,20). The highest BCUT2D eigenvalue weighted by atomic mass is 16.6. The van der Waals surface area contributed by atoms with Crippen molar-refractivity contribution in [3.8, 4) is 0 Å². The fraction of sp³-hybridized carbons (Fsp3) is 0.941. The predicted octanol–water partition coefficient (Wildman–Crippen LogP) is 3.08. The van der Waals surface area contributed by atoms with Crippen LogP contribution in [0.5, 0.6) is 0 Å². The second-order valence-corrected chi connectivity index (χ2v) is 7.71. The molecular weight excluding hydrogens is 280 g/mol. The third-order valence-corrected chi connectivity index (χ3v) is 4.37. The average molecular weight is 314 g/mol. The first kappa shape index (κ1) is 19.2. The molecule has 22 heavy (non-hydrogen) atoms. The molecule has 1 fully saturated rings. The minimum atomic E-state index is -0.458. The Balaban J connectivity index is 2.39. The summed E-state index contributed by atoms with van der Waals surface area (Å²) in [5.41, 5.74) is -0.324. The fourth-order valence-electron chi connectivity index (χ4n) is 2.78. The van der Waals surface area contributed by atoms with Crippen molar-refractivity contribution in [3.63, 3.8) is 0 Å². The number of carbonyl (C=O) groups excluding carboxylic acids is 1. The molecule has 1 aliphatic carbocycles. The topological polar surface area (TPSA) is 59.6 Å². The molecule has 0 aliphatic heterocycles. The van der Waals surface area contributed by atoms with Crippen LogP contribution < -0.4 is 10.6 Å². The largest absolute Gasteiger partial charge is 0.444 e. The van der Waals surface area contributed by atoms with Crippen LogP contribution in [0.25, 0.3) is 0 Å². The predicted molar refractivity (Wildman–Crippen MR) is 89.1 cm³/mol. The van der Waals surface area contributed by atoms with Crippen LogP contribution in [0.3, 0.4) is 0 Å². The van der Waals surface area contributed by atoms with Crippen molar-refractivity contribution >= 4 is 6.09 Å². The lowest BCUT2D eigenvalue weighted by molar-refractivity contribution is -0.116. The van der Waals surface area contributed by atoms with E-state index < -0.39 is 5.60 Å². The van der Waals surface area contributed by atoms with E-state index in [0.717, 1.165) is 19.4 Å². The normalized spacial score (nSPS) is 25.2. The molecule has 130 valence electrons. The van der Waals surface area contributed by atoms with E-state index in [1.807, 2.05) is 27.7 Å². The molecule has 2 N–H and O–H groups in total. The maximum Gasteiger partial charge on any atom is 0.407 e. The van der Waals surface area contributed by atoms with Crippen LogP contribution in [0.15, 0.2) is 0 Å². The number of ether oxygens (including phenoxy) is 2. The fourth-order valence-corrected chi connectivity index (χ4v) is 2.78. The summed E-state index contributed by atoms with van der Waals surface area (Å²) in [5.74, 6) is 0. The monoisotopic (exact) mass is 314 g/mol. The second-order valence-electron chi connectivity index (χ2n) is 7.71. The molecule has 5 heteroatoms. The zero-order valence-electron chi connectivity index (χ0n) is 15.3. The zero-order valence-corrected chi connectivity index (χ0v) is 15.3. The van der Waals surface area contributed by atoms with Crippen LogP contribution in [-0.2, 0) is 9.47 Å². The summed E-state index contributed by atoms with van der Waals surface area (Å²) in [6, 6.07) is 0.675. The van der Waals surface area contributed by atoms with Gasteiger partial charge in [0.05, 0.1) is 6.10 Å². The van der Waals surface area contributed by atoms with E-state index in [2.05, 4.69) is 31.4 Å². The number of nitrogens with one attached hydrogen (secondary N) is 2.